The number of carbonyl (C=O) groups excluding carboxylic acids is 2. The Bertz CT molecular complexity index is 1180. The Kier molecular flexibility index (Phi) is 5.71. The molecule has 0 aliphatic carbocycles. The Hall–Kier alpha value is -3.72. The molecule has 30 heavy (non-hydrogen) atoms. The second-order valence-corrected chi connectivity index (χ2v) is 7.08. The predicted molar refractivity (Wildman–Crippen MR) is 112 cm³/mol. The molecule has 0 atom stereocenters. The maximum Gasteiger partial charge on any atom is 0.280 e. The Morgan fingerprint density at radius 1 is 1.10 bits per heavy atom. The number of benzene rings is 2. The van der Waals surface area contributed by atoms with Crippen LogP contribution in [0.5, 0.6) is 0 Å². The highest BCUT2D eigenvalue weighted by atomic mass is 32.1. The first-order valence-corrected chi connectivity index (χ1v) is 9.88. The predicted octanol–water partition coefficient (Wildman–Crippen LogP) is 3.19. The lowest BCUT2D eigenvalue weighted by Crippen LogP contribution is -2.41. The Balaban J connectivity index is 1.55. The van der Waals surface area contributed by atoms with Crippen molar-refractivity contribution in [1.82, 2.24) is 19.9 Å². The summed E-state index contributed by atoms with van der Waals surface area (Å²) in [5.41, 5.74) is 2.16. The monoisotopic (exact) mass is 421 g/mol. The lowest BCUT2D eigenvalue weighted by molar-refractivity contribution is -0.119. The van der Waals surface area contributed by atoms with Crippen molar-refractivity contribution in [1.29, 1.82) is 0 Å². The Labute approximate surface area is 175 Å². The third-order valence-electron chi connectivity index (χ3n) is 4.42. The van der Waals surface area contributed by atoms with Gasteiger partial charge in [-0.1, -0.05) is 34.8 Å². The van der Waals surface area contributed by atoms with Gasteiger partial charge in [-0.3, -0.25) is 19.5 Å². The molecule has 2 amide bonds. The van der Waals surface area contributed by atoms with Crippen LogP contribution in [-0.4, -0.2) is 32.9 Å². The van der Waals surface area contributed by atoms with Gasteiger partial charge >= 0.3 is 0 Å². The van der Waals surface area contributed by atoms with Crippen molar-refractivity contribution in [2.24, 2.45) is 0 Å². The minimum absolute atomic E-state index is 0.152. The molecule has 0 radical (unpaired) electrons. The normalized spacial score (nSPS) is 10.7. The van der Waals surface area contributed by atoms with Gasteiger partial charge in [-0.2, -0.15) is 0 Å². The average Bonchev–Trinajstić information content (AvgIpc) is 3.31. The topological polar surface area (TPSA) is 88.1 Å². The molecule has 4 aromatic rings. The summed E-state index contributed by atoms with van der Waals surface area (Å²) in [7, 11) is 0. The lowest BCUT2D eigenvalue weighted by atomic mass is 10.2. The quantitative estimate of drug-likeness (QED) is 0.517. The number of aromatic nitrogens is 3. The van der Waals surface area contributed by atoms with E-state index in [1.54, 1.807) is 24.4 Å². The highest BCUT2D eigenvalue weighted by molar-refractivity contribution is 7.03. The summed E-state index contributed by atoms with van der Waals surface area (Å²) < 4.78 is 16.8. The van der Waals surface area contributed by atoms with Gasteiger partial charge in [-0.25, -0.2) is 4.39 Å². The first-order chi connectivity index (χ1) is 14.6. The van der Waals surface area contributed by atoms with Crippen molar-refractivity contribution in [3.05, 3.63) is 83.2 Å². The number of nitrogens with one attached hydrogen (secondary N) is 1. The van der Waals surface area contributed by atoms with Gasteiger partial charge in [-0.05, 0) is 41.4 Å². The summed E-state index contributed by atoms with van der Waals surface area (Å²) in [6.45, 7) is -0.00700. The van der Waals surface area contributed by atoms with Gasteiger partial charge in [0.1, 0.15) is 12.4 Å². The van der Waals surface area contributed by atoms with E-state index >= 15 is 0 Å². The number of halogens is 1. The van der Waals surface area contributed by atoms with Crippen molar-refractivity contribution in [2.45, 2.75) is 6.54 Å². The van der Waals surface area contributed by atoms with E-state index in [1.807, 2.05) is 24.3 Å². The molecule has 4 rings (SSSR count). The zero-order valence-electron chi connectivity index (χ0n) is 15.7. The minimum Gasteiger partial charge on any atom is -0.350 e. The summed E-state index contributed by atoms with van der Waals surface area (Å²) in [5, 5.41) is 8.94. The number of rotatable bonds is 6. The van der Waals surface area contributed by atoms with Crippen LogP contribution in [0.2, 0.25) is 0 Å². The van der Waals surface area contributed by atoms with E-state index in [2.05, 4.69) is 19.9 Å². The first kappa shape index (κ1) is 19.6. The molecule has 0 aliphatic rings. The molecule has 7 nitrogen and oxygen atoms in total. The standard InChI is InChI=1S/C21H16FN5O2S/c22-16-7-5-14(6-8-16)10-24-20(28)12-27(21(29)19-13-30-26-25-19)17-9-15-3-1-2-4-18(15)23-11-17/h1-9,11,13H,10,12H2,(H,24,28). The molecule has 0 saturated carbocycles. The number of carbonyl (C=O) groups is 2. The minimum atomic E-state index is -0.447. The van der Waals surface area contributed by atoms with Gasteiger partial charge in [0.25, 0.3) is 5.91 Å². The van der Waals surface area contributed by atoms with Gasteiger partial charge in [0.2, 0.25) is 5.91 Å². The molecule has 0 bridgehead atoms. The van der Waals surface area contributed by atoms with Gasteiger partial charge in [0.15, 0.2) is 5.69 Å². The largest absolute Gasteiger partial charge is 0.350 e. The third kappa shape index (κ3) is 4.47. The fraction of sp³-hybridized carbons (Fsp3) is 0.0952. The van der Waals surface area contributed by atoms with Crippen LogP contribution >= 0.6 is 11.5 Å². The van der Waals surface area contributed by atoms with Crippen LogP contribution in [0.4, 0.5) is 10.1 Å². The van der Waals surface area contributed by atoms with Crippen LogP contribution in [0.1, 0.15) is 16.1 Å². The summed E-state index contributed by atoms with van der Waals surface area (Å²) >= 11 is 1.06. The molecule has 9 heteroatoms. The van der Waals surface area contributed by atoms with Crippen molar-refractivity contribution in [3.8, 4) is 0 Å². The van der Waals surface area contributed by atoms with Gasteiger partial charge in [0.05, 0.1) is 17.4 Å². The van der Waals surface area contributed by atoms with Gasteiger partial charge < -0.3 is 5.32 Å². The van der Waals surface area contributed by atoms with E-state index in [0.29, 0.717) is 5.69 Å². The molecular formula is C21H16FN5O2S. The fourth-order valence-corrected chi connectivity index (χ4v) is 3.32. The lowest BCUT2D eigenvalue weighted by Gasteiger charge is -2.21. The van der Waals surface area contributed by atoms with Crippen LogP contribution in [0, 0.1) is 5.82 Å². The number of anilines is 1. The SMILES string of the molecule is O=C(CN(C(=O)c1csnn1)c1cnc2ccccc2c1)NCc1ccc(F)cc1. The Morgan fingerprint density at radius 2 is 1.90 bits per heavy atom. The number of nitrogens with zero attached hydrogens (tertiary/aromatic N) is 4. The summed E-state index contributed by atoms with van der Waals surface area (Å²) in [6, 6.07) is 15.1. The molecule has 0 saturated heterocycles. The van der Waals surface area contributed by atoms with E-state index in [9.17, 15) is 14.0 Å². The zero-order chi connectivity index (χ0) is 20.9. The van der Waals surface area contributed by atoms with Crippen LogP contribution in [-0.2, 0) is 11.3 Å². The third-order valence-corrected chi connectivity index (χ3v) is 4.92. The molecular weight excluding hydrogens is 405 g/mol. The molecule has 1 N–H and O–H groups in total. The summed E-state index contributed by atoms with van der Waals surface area (Å²) in [6.07, 6.45) is 1.55. The van der Waals surface area contributed by atoms with Crippen molar-refractivity contribution < 1.29 is 14.0 Å². The number of para-hydroxylation sites is 1. The first-order valence-electron chi connectivity index (χ1n) is 9.05. The molecule has 2 aromatic carbocycles. The molecule has 0 aliphatic heterocycles. The van der Waals surface area contributed by atoms with E-state index in [4.69, 9.17) is 0 Å². The second kappa shape index (κ2) is 8.75. The van der Waals surface area contributed by atoms with E-state index in [0.717, 1.165) is 28.0 Å². The summed E-state index contributed by atoms with van der Waals surface area (Å²) in [4.78, 5) is 31.2. The van der Waals surface area contributed by atoms with Crippen LogP contribution in [0.15, 0.2) is 66.2 Å². The maximum atomic E-state index is 13.0. The van der Waals surface area contributed by atoms with Crippen molar-refractivity contribution in [2.75, 3.05) is 11.4 Å². The smallest absolute Gasteiger partial charge is 0.280 e. The van der Waals surface area contributed by atoms with Crippen LogP contribution < -0.4 is 10.2 Å². The molecule has 2 heterocycles. The molecule has 150 valence electrons. The highest BCUT2D eigenvalue weighted by Crippen LogP contribution is 2.21. The maximum absolute atomic E-state index is 13.0. The van der Waals surface area contributed by atoms with Crippen molar-refractivity contribution in [3.63, 3.8) is 0 Å². The number of amides is 2. The Morgan fingerprint density at radius 3 is 2.67 bits per heavy atom. The summed E-state index contributed by atoms with van der Waals surface area (Å²) in [5.74, 6) is -1.16. The number of pyridine rings is 1. The van der Waals surface area contributed by atoms with Crippen LogP contribution in [0.3, 0.4) is 0 Å². The average molecular weight is 421 g/mol. The second-order valence-electron chi connectivity index (χ2n) is 6.47. The molecule has 2 aromatic heterocycles. The molecule has 0 unspecified atom stereocenters. The number of fused-ring (bicyclic) bond motifs is 1. The zero-order valence-corrected chi connectivity index (χ0v) is 16.5. The highest BCUT2D eigenvalue weighted by Gasteiger charge is 2.23. The molecule has 0 fully saturated rings. The van der Waals surface area contributed by atoms with Crippen molar-refractivity contribution >= 4 is 39.9 Å². The van der Waals surface area contributed by atoms with E-state index in [-0.39, 0.29) is 30.5 Å². The fourth-order valence-electron chi connectivity index (χ4n) is 2.89. The number of hydrogen-bond acceptors (Lipinski definition) is 6. The van der Waals surface area contributed by atoms with E-state index in [1.165, 1.54) is 22.4 Å². The van der Waals surface area contributed by atoms with Crippen LogP contribution in [0.25, 0.3) is 10.9 Å². The van der Waals surface area contributed by atoms with Gasteiger partial charge in [0, 0.05) is 17.3 Å². The molecule has 0 spiro atoms. The van der Waals surface area contributed by atoms with E-state index < -0.39 is 5.91 Å². The number of hydrogen-bond donors (Lipinski definition) is 1. The van der Waals surface area contributed by atoms with Gasteiger partial charge in [-0.15, -0.1) is 5.10 Å².